The van der Waals surface area contributed by atoms with Gasteiger partial charge in [-0.15, -0.1) is 11.3 Å². The van der Waals surface area contributed by atoms with Crippen molar-refractivity contribution in [2.45, 2.75) is 31.7 Å². The lowest BCUT2D eigenvalue weighted by atomic mass is 10.0. The number of thiophene rings is 1. The van der Waals surface area contributed by atoms with Gasteiger partial charge >= 0.3 is 0 Å². The summed E-state index contributed by atoms with van der Waals surface area (Å²) in [4.78, 5) is 20.6. The zero-order chi connectivity index (χ0) is 18.6. The van der Waals surface area contributed by atoms with Crippen LogP contribution < -0.4 is 0 Å². The second-order valence-electron chi connectivity index (χ2n) is 7.48. The van der Waals surface area contributed by atoms with E-state index in [1.807, 2.05) is 29.5 Å². The van der Waals surface area contributed by atoms with E-state index >= 15 is 0 Å². The largest absolute Gasteiger partial charge is 0.350 e. The predicted molar refractivity (Wildman–Crippen MR) is 112 cm³/mol. The molecule has 0 radical (unpaired) electrons. The van der Waals surface area contributed by atoms with Crippen LogP contribution in [0.25, 0.3) is 10.2 Å². The predicted octanol–water partition coefficient (Wildman–Crippen LogP) is 4.40. The van der Waals surface area contributed by atoms with Crippen molar-refractivity contribution >= 4 is 27.5 Å². The molecule has 1 atom stereocenters. The highest BCUT2D eigenvalue weighted by molar-refractivity contribution is 7.17. The molecular formula is C22H27N3OS. The third-order valence-electron chi connectivity index (χ3n) is 5.60. The van der Waals surface area contributed by atoms with E-state index in [1.165, 1.54) is 12.0 Å². The molecule has 0 saturated carbocycles. The number of amides is 1. The van der Waals surface area contributed by atoms with Crippen LogP contribution >= 0.6 is 11.3 Å². The number of nitrogens with one attached hydrogen (secondary N) is 1. The molecule has 4 nitrogen and oxygen atoms in total. The lowest BCUT2D eigenvalue weighted by Crippen LogP contribution is -2.48. The van der Waals surface area contributed by atoms with Crippen molar-refractivity contribution in [2.24, 2.45) is 0 Å². The summed E-state index contributed by atoms with van der Waals surface area (Å²) in [5.41, 5.74) is 3.17. The lowest BCUT2D eigenvalue weighted by Gasteiger charge is -2.37. The quantitative estimate of drug-likeness (QED) is 0.687. The molecule has 0 bridgehead atoms. The average molecular weight is 382 g/mol. The topological polar surface area (TPSA) is 39.3 Å². The third kappa shape index (κ3) is 4.25. The lowest BCUT2D eigenvalue weighted by molar-refractivity contribution is 0.0612. The summed E-state index contributed by atoms with van der Waals surface area (Å²) >= 11 is 1.67. The number of nitrogens with zero attached hydrogens (tertiary/aromatic N) is 2. The first-order valence-electron chi connectivity index (χ1n) is 9.80. The van der Waals surface area contributed by atoms with Gasteiger partial charge in [0.25, 0.3) is 5.91 Å². The van der Waals surface area contributed by atoms with Crippen LogP contribution in [0.4, 0.5) is 0 Å². The SMILES string of the molecule is CN(C(=O)c1cc2sccc2[nH]1)[C@@H]1CCCN(CCCc2ccccc2)C1. The zero-order valence-electron chi connectivity index (χ0n) is 15.9. The van der Waals surface area contributed by atoms with Gasteiger partial charge in [0.05, 0.1) is 10.2 Å². The van der Waals surface area contributed by atoms with E-state index in [9.17, 15) is 4.79 Å². The molecule has 5 heteroatoms. The van der Waals surface area contributed by atoms with Gasteiger partial charge in [0.1, 0.15) is 5.69 Å². The molecule has 1 fully saturated rings. The van der Waals surface area contributed by atoms with Gasteiger partial charge in [-0.25, -0.2) is 0 Å². The smallest absolute Gasteiger partial charge is 0.270 e. The van der Waals surface area contributed by atoms with Crippen LogP contribution in [0.5, 0.6) is 0 Å². The highest BCUT2D eigenvalue weighted by Crippen LogP contribution is 2.23. The highest BCUT2D eigenvalue weighted by atomic mass is 32.1. The Morgan fingerprint density at radius 3 is 2.96 bits per heavy atom. The molecule has 1 amide bonds. The first-order valence-corrected chi connectivity index (χ1v) is 10.7. The van der Waals surface area contributed by atoms with Gasteiger partial charge in [-0.3, -0.25) is 4.79 Å². The van der Waals surface area contributed by atoms with Crippen molar-refractivity contribution in [2.75, 3.05) is 26.7 Å². The molecule has 3 heterocycles. The zero-order valence-corrected chi connectivity index (χ0v) is 16.7. The molecule has 3 aromatic rings. The summed E-state index contributed by atoms with van der Waals surface area (Å²) in [6, 6.07) is 15.0. The number of likely N-dealkylation sites (N-methyl/N-ethyl adjacent to an activating group) is 1. The molecule has 1 aliphatic rings. The molecular weight excluding hydrogens is 354 g/mol. The van der Waals surface area contributed by atoms with E-state index in [2.05, 4.69) is 40.2 Å². The Morgan fingerprint density at radius 1 is 1.30 bits per heavy atom. The van der Waals surface area contributed by atoms with E-state index in [0.717, 1.165) is 49.1 Å². The third-order valence-corrected chi connectivity index (χ3v) is 6.47. The fourth-order valence-corrected chi connectivity index (χ4v) is 4.80. The summed E-state index contributed by atoms with van der Waals surface area (Å²) in [6.07, 6.45) is 4.54. The number of piperidine rings is 1. The molecule has 0 spiro atoms. The molecule has 1 aliphatic heterocycles. The van der Waals surface area contributed by atoms with Gasteiger partial charge in [0, 0.05) is 19.6 Å². The number of aromatic nitrogens is 1. The molecule has 2 aromatic heterocycles. The Kier molecular flexibility index (Phi) is 5.60. The van der Waals surface area contributed by atoms with Crippen LogP contribution in [-0.4, -0.2) is 53.4 Å². The minimum Gasteiger partial charge on any atom is -0.350 e. The van der Waals surface area contributed by atoms with E-state index < -0.39 is 0 Å². The average Bonchev–Trinajstić information content (AvgIpc) is 3.30. The fourth-order valence-electron chi connectivity index (χ4n) is 4.02. The molecule has 1 saturated heterocycles. The summed E-state index contributed by atoms with van der Waals surface area (Å²) < 4.78 is 1.15. The summed E-state index contributed by atoms with van der Waals surface area (Å²) in [7, 11) is 1.95. The van der Waals surface area contributed by atoms with Crippen molar-refractivity contribution in [3.63, 3.8) is 0 Å². The van der Waals surface area contributed by atoms with E-state index in [1.54, 1.807) is 11.3 Å². The minimum absolute atomic E-state index is 0.106. The maximum atomic E-state index is 12.9. The fraction of sp³-hybridized carbons (Fsp3) is 0.409. The van der Waals surface area contributed by atoms with Gasteiger partial charge < -0.3 is 14.8 Å². The highest BCUT2D eigenvalue weighted by Gasteiger charge is 2.27. The van der Waals surface area contributed by atoms with Crippen molar-refractivity contribution in [3.8, 4) is 0 Å². The molecule has 27 heavy (non-hydrogen) atoms. The van der Waals surface area contributed by atoms with Gasteiger partial charge in [0.15, 0.2) is 0 Å². The molecule has 142 valence electrons. The minimum atomic E-state index is 0.106. The Morgan fingerprint density at radius 2 is 2.15 bits per heavy atom. The van der Waals surface area contributed by atoms with Gasteiger partial charge in [-0.2, -0.15) is 0 Å². The first kappa shape index (κ1) is 18.3. The number of hydrogen-bond donors (Lipinski definition) is 1. The second-order valence-corrected chi connectivity index (χ2v) is 8.43. The Bertz CT molecular complexity index is 857. The van der Waals surface area contributed by atoms with Crippen molar-refractivity contribution in [1.29, 1.82) is 0 Å². The van der Waals surface area contributed by atoms with E-state index in [0.29, 0.717) is 11.7 Å². The van der Waals surface area contributed by atoms with Crippen LogP contribution in [0.3, 0.4) is 0 Å². The Balaban J connectivity index is 1.31. The molecule has 0 unspecified atom stereocenters. The number of H-pyrrole nitrogens is 1. The Hall–Kier alpha value is -2.11. The number of rotatable bonds is 6. The summed E-state index contributed by atoms with van der Waals surface area (Å²) in [6.45, 7) is 3.23. The molecule has 1 aromatic carbocycles. The number of benzene rings is 1. The van der Waals surface area contributed by atoms with Gasteiger partial charge in [-0.1, -0.05) is 30.3 Å². The van der Waals surface area contributed by atoms with Crippen molar-refractivity contribution in [3.05, 3.63) is 59.1 Å². The number of hydrogen-bond acceptors (Lipinski definition) is 3. The normalized spacial score (nSPS) is 18.0. The number of aromatic amines is 1. The summed E-state index contributed by atoms with van der Waals surface area (Å²) in [5.74, 6) is 0.106. The van der Waals surface area contributed by atoms with Crippen LogP contribution in [0.1, 0.15) is 35.3 Å². The summed E-state index contributed by atoms with van der Waals surface area (Å²) in [5, 5.41) is 2.05. The Labute approximate surface area is 164 Å². The molecule has 4 rings (SSSR count). The maximum Gasteiger partial charge on any atom is 0.270 e. The number of likely N-dealkylation sites (tertiary alicyclic amines) is 1. The number of aryl methyl sites for hydroxylation is 1. The molecule has 1 N–H and O–H groups in total. The van der Waals surface area contributed by atoms with Crippen LogP contribution in [0.15, 0.2) is 47.8 Å². The van der Waals surface area contributed by atoms with Crippen molar-refractivity contribution < 1.29 is 4.79 Å². The van der Waals surface area contributed by atoms with Crippen LogP contribution in [0.2, 0.25) is 0 Å². The maximum absolute atomic E-state index is 12.9. The van der Waals surface area contributed by atoms with E-state index in [4.69, 9.17) is 0 Å². The number of fused-ring (bicyclic) bond motifs is 1. The first-order chi connectivity index (χ1) is 13.2. The number of carbonyl (C=O) groups is 1. The second kappa shape index (κ2) is 8.28. The molecule has 0 aliphatic carbocycles. The van der Waals surface area contributed by atoms with Crippen LogP contribution in [-0.2, 0) is 6.42 Å². The number of carbonyl (C=O) groups excluding carboxylic acids is 1. The van der Waals surface area contributed by atoms with Gasteiger partial charge in [-0.05, 0) is 61.8 Å². The van der Waals surface area contributed by atoms with Gasteiger partial charge in [0.2, 0.25) is 0 Å². The van der Waals surface area contributed by atoms with Crippen molar-refractivity contribution in [1.82, 2.24) is 14.8 Å². The standard InChI is InChI=1S/C22H27N3OS/c1-24(22(26)20-15-21-19(23-20)11-14-27-21)18-10-6-13-25(16-18)12-5-9-17-7-3-2-4-8-17/h2-4,7-8,11,14-15,18,23H,5-6,9-10,12-13,16H2,1H3/t18-/m1/s1. The monoisotopic (exact) mass is 381 g/mol. The van der Waals surface area contributed by atoms with E-state index in [-0.39, 0.29) is 5.91 Å². The van der Waals surface area contributed by atoms with Crippen LogP contribution in [0, 0.1) is 0 Å².